The van der Waals surface area contributed by atoms with E-state index in [4.69, 9.17) is 5.73 Å². The maximum atomic E-state index is 12.0. The average molecular weight is 249 g/mol. The van der Waals surface area contributed by atoms with Gasteiger partial charge in [0.15, 0.2) is 0 Å². The highest BCUT2D eigenvalue weighted by atomic mass is 16.2. The van der Waals surface area contributed by atoms with Crippen molar-refractivity contribution in [3.05, 3.63) is 30.3 Å². The summed E-state index contributed by atoms with van der Waals surface area (Å²) >= 11 is 0. The van der Waals surface area contributed by atoms with E-state index >= 15 is 0 Å². The molecule has 2 atom stereocenters. The van der Waals surface area contributed by atoms with Crippen LogP contribution in [-0.4, -0.2) is 36.5 Å². The normalized spacial score (nSPS) is 14.3. The first-order valence-electron chi connectivity index (χ1n) is 6.32. The van der Waals surface area contributed by atoms with Gasteiger partial charge in [-0.25, -0.2) is 0 Å². The molecule has 0 fully saturated rings. The van der Waals surface area contributed by atoms with Gasteiger partial charge in [-0.15, -0.1) is 0 Å². The molecule has 100 valence electrons. The minimum absolute atomic E-state index is 0.00775. The van der Waals surface area contributed by atoms with Crippen LogP contribution in [0.5, 0.6) is 0 Å². The molecule has 4 nitrogen and oxygen atoms in total. The molecular weight excluding hydrogens is 226 g/mol. The zero-order valence-corrected chi connectivity index (χ0v) is 11.4. The second kappa shape index (κ2) is 7.13. The third kappa shape index (κ3) is 4.85. The van der Waals surface area contributed by atoms with Crippen LogP contribution < -0.4 is 11.1 Å². The third-order valence-electron chi connectivity index (χ3n) is 3.02. The molecule has 0 aliphatic heterocycles. The summed E-state index contributed by atoms with van der Waals surface area (Å²) in [5, 5.41) is 2.90. The number of carbonyl (C=O) groups excluding carboxylic acids is 1. The van der Waals surface area contributed by atoms with Crippen LogP contribution in [0.2, 0.25) is 0 Å². The largest absolute Gasteiger partial charge is 0.328 e. The lowest BCUT2D eigenvalue weighted by Crippen LogP contribution is -2.41. The summed E-state index contributed by atoms with van der Waals surface area (Å²) in [5.41, 5.74) is 6.54. The van der Waals surface area contributed by atoms with Crippen molar-refractivity contribution in [1.82, 2.24) is 4.90 Å². The monoisotopic (exact) mass is 249 g/mol. The highest BCUT2D eigenvalue weighted by Crippen LogP contribution is 2.07. The molecule has 0 saturated heterocycles. The SMILES string of the molecule is CC(N)CCN(C)C(C)C(=O)Nc1ccccc1. The Hall–Kier alpha value is -1.39. The number of nitrogens with zero attached hydrogens (tertiary/aromatic N) is 1. The Morgan fingerprint density at radius 3 is 2.50 bits per heavy atom. The van der Waals surface area contributed by atoms with Crippen molar-refractivity contribution in [2.45, 2.75) is 32.4 Å². The maximum absolute atomic E-state index is 12.0. The number of anilines is 1. The molecule has 0 saturated carbocycles. The summed E-state index contributed by atoms with van der Waals surface area (Å²) in [6.45, 7) is 4.70. The number of nitrogens with two attached hydrogens (primary N) is 1. The number of amides is 1. The Bertz CT molecular complexity index is 365. The molecule has 0 aliphatic rings. The van der Waals surface area contributed by atoms with Crippen LogP contribution >= 0.6 is 0 Å². The van der Waals surface area contributed by atoms with Gasteiger partial charge in [-0.2, -0.15) is 0 Å². The molecule has 4 heteroatoms. The van der Waals surface area contributed by atoms with Crippen LogP contribution in [0.4, 0.5) is 5.69 Å². The number of carbonyl (C=O) groups is 1. The van der Waals surface area contributed by atoms with Crippen molar-refractivity contribution in [2.75, 3.05) is 18.9 Å². The van der Waals surface area contributed by atoms with E-state index in [0.29, 0.717) is 0 Å². The summed E-state index contributed by atoms with van der Waals surface area (Å²) in [5.74, 6) is 0.00775. The molecule has 0 aliphatic carbocycles. The van der Waals surface area contributed by atoms with Gasteiger partial charge in [0.25, 0.3) is 0 Å². The van der Waals surface area contributed by atoms with Crippen molar-refractivity contribution >= 4 is 11.6 Å². The summed E-state index contributed by atoms with van der Waals surface area (Å²) in [6, 6.07) is 9.49. The summed E-state index contributed by atoms with van der Waals surface area (Å²) in [7, 11) is 1.94. The van der Waals surface area contributed by atoms with Crippen molar-refractivity contribution in [3.63, 3.8) is 0 Å². The van der Waals surface area contributed by atoms with Crippen LogP contribution in [-0.2, 0) is 4.79 Å². The highest BCUT2D eigenvalue weighted by molar-refractivity contribution is 5.94. The van der Waals surface area contributed by atoms with Crippen LogP contribution in [0, 0.1) is 0 Å². The number of rotatable bonds is 6. The summed E-state index contributed by atoms with van der Waals surface area (Å²) in [4.78, 5) is 14.0. The van der Waals surface area contributed by atoms with Gasteiger partial charge in [0.05, 0.1) is 6.04 Å². The Balaban J connectivity index is 2.46. The van der Waals surface area contributed by atoms with Crippen molar-refractivity contribution in [2.24, 2.45) is 5.73 Å². The molecule has 18 heavy (non-hydrogen) atoms. The van der Waals surface area contributed by atoms with Gasteiger partial charge < -0.3 is 11.1 Å². The third-order valence-corrected chi connectivity index (χ3v) is 3.02. The van der Waals surface area contributed by atoms with E-state index in [9.17, 15) is 4.79 Å². The second-order valence-corrected chi connectivity index (χ2v) is 4.78. The molecule has 0 aromatic heterocycles. The minimum Gasteiger partial charge on any atom is -0.328 e. The summed E-state index contributed by atoms with van der Waals surface area (Å²) in [6.07, 6.45) is 0.888. The predicted molar refractivity (Wildman–Crippen MR) is 75.4 cm³/mol. The Kier molecular flexibility index (Phi) is 5.82. The lowest BCUT2D eigenvalue weighted by molar-refractivity contribution is -0.120. The van der Waals surface area contributed by atoms with E-state index in [1.165, 1.54) is 0 Å². The van der Waals surface area contributed by atoms with Crippen LogP contribution in [0.15, 0.2) is 30.3 Å². The lowest BCUT2D eigenvalue weighted by Gasteiger charge is -2.24. The molecule has 1 aromatic rings. The Labute approximate surface area is 109 Å². The predicted octanol–water partition coefficient (Wildman–Crippen LogP) is 1.68. The van der Waals surface area contributed by atoms with Crippen LogP contribution in [0.1, 0.15) is 20.3 Å². The first-order chi connectivity index (χ1) is 8.50. The fraction of sp³-hybridized carbons (Fsp3) is 0.500. The van der Waals surface area contributed by atoms with Gasteiger partial charge in [0.1, 0.15) is 0 Å². The Morgan fingerprint density at radius 2 is 1.94 bits per heavy atom. The number of benzene rings is 1. The number of likely N-dealkylation sites (N-methyl/N-ethyl adjacent to an activating group) is 1. The zero-order valence-electron chi connectivity index (χ0n) is 11.4. The molecule has 0 bridgehead atoms. The average Bonchev–Trinajstić information content (AvgIpc) is 2.36. The number of nitrogens with one attached hydrogen (secondary N) is 1. The zero-order chi connectivity index (χ0) is 13.5. The van der Waals surface area contributed by atoms with E-state index < -0.39 is 0 Å². The number of para-hydroxylation sites is 1. The minimum atomic E-state index is -0.163. The molecule has 0 spiro atoms. The molecule has 3 N–H and O–H groups in total. The molecule has 0 radical (unpaired) electrons. The number of hydrogen-bond donors (Lipinski definition) is 2. The van der Waals surface area contributed by atoms with E-state index in [1.807, 2.05) is 56.1 Å². The van der Waals surface area contributed by atoms with Crippen molar-refractivity contribution in [3.8, 4) is 0 Å². The Morgan fingerprint density at radius 1 is 1.33 bits per heavy atom. The molecule has 0 heterocycles. The van der Waals surface area contributed by atoms with Gasteiger partial charge >= 0.3 is 0 Å². The summed E-state index contributed by atoms with van der Waals surface area (Å²) < 4.78 is 0. The van der Waals surface area contributed by atoms with Gasteiger partial charge in [-0.1, -0.05) is 18.2 Å². The second-order valence-electron chi connectivity index (χ2n) is 4.78. The van der Waals surface area contributed by atoms with Gasteiger partial charge in [0.2, 0.25) is 5.91 Å². The lowest BCUT2D eigenvalue weighted by atomic mass is 10.2. The highest BCUT2D eigenvalue weighted by Gasteiger charge is 2.17. The van der Waals surface area contributed by atoms with Crippen molar-refractivity contribution in [1.29, 1.82) is 0 Å². The fourth-order valence-corrected chi connectivity index (χ4v) is 1.57. The molecule has 2 unspecified atom stereocenters. The van der Waals surface area contributed by atoms with Crippen LogP contribution in [0.3, 0.4) is 0 Å². The van der Waals surface area contributed by atoms with Gasteiger partial charge in [0, 0.05) is 18.3 Å². The van der Waals surface area contributed by atoms with Gasteiger partial charge in [-0.3, -0.25) is 9.69 Å². The topological polar surface area (TPSA) is 58.4 Å². The van der Waals surface area contributed by atoms with E-state index in [-0.39, 0.29) is 18.0 Å². The standard InChI is InChI=1S/C14H23N3O/c1-11(15)9-10-17(3)12(2)14(18)16-13-7-5-4-6-8-13/h4-8,11-12H,9-10,15H2,1-3H3,(H,16,18). The van der Waals surface area contributed by atoms with E-state index in [2.05, 4.69) is 5.32 Å². The molecule has 1 aromatic carbocycles. The molecule has 1 rings (SSSR count). The smallest absolute Gasteiger partial charge is 0.241 e. The van der Waals surface area contributed by atoms with E-state index in [1.54, 1.807) is 0 Å². The molecule has 1 amide bonds. The fourth-order valence-electron chi connectivity index (χ4n) is 1.57. The van der Waals surface area contributed by atoms with E-state index in [0.717, 1.165) is 18.7 Å². The number of hydrogen-bond acceptors (Lipinski definition) is 3. The van der Waals surface area contributed by atoms with Crippen molar-refractivity contribution < 1.29 is 4.79 Å². The van der Waals surface area contributed by atoms with Gasteiger partial charge in [-0.05, 0) is 39.4 Å². The molecular formula is C14H23N3O. The first kappa shape index (κ1) is 14.7. The quantitative estimate of drug-likeness (QED) is 0.806. The maximum Gasteiger partial charge on any atom is 0.241 e. The first-order valence-corrected chi connectivity index (χ1v) is 6.32. The van der Waals surface area contributed by atoms with Crippen LogP contribution in [0.25, 0.3) is 0 Å².